The van der Waals surface area contributed by atoms with Crippen LogP contribution in [0, 0.1) is 5.92 Å². The fraction of sp³-hybridized carbons (Fsp3) is 0.520. The normalized spacial score (nSPS) is 20.4. The monoisotopic (exact) mass is 465 g/mol. The molecule has 1 aliphatic carbocycles. The third-order valence-corrected chi connectivity index (χ3v) is 5.57. The van der Waals surface area contributed by atoms with Gasteiger partial charge < -0.3 is 29.4 Å². The van der Waals surface area contributed by atoms with E-state index in [1.807, 2.05) is 12.1 Å². The standard InChI is InChI=1S/C25H35NO5.ClH/c1-25(2,3)26-20-12-17(13-21(20)27)11-16-7-9-18(10-8-16)31-19-14-22(28-4)24(30-6)23(15-19)29-5;/h7-10,14-15,17,20-21,26-27H,11-13H2,1-6H3;1H/t17-,20+,21+;/m1./s1. The van der Waals surface area contributed by atoms with Crippen LogP contribution in [0.5, 0.6) is 28.7 Å². The lowest BCUT2D eigenvalue weighted by atomic mass is 9.97. The van der Waals surface area contributed by atoms with Crippen LogP contribution in [0.3, 0.4) is 0 Å². The van der Waals surface area contributed by atoms with Gasteiger partial charge in [0.05, 0.1) is 27.4 Å². The second-order valence-electron chi connectivity index (χ2n) is 9.22. The fourth-order valence-electron chi connectivity index (χ4n) is 4.28. The molecule has 7 heteroatoms. The van der Waals surface area contributed by atoms with Crippen molar-refractivity contribution in [3.8, 4) is 28.7 Å². The summed E-state index contributed by atoms with van der Waals surface area (Å²) in [4.78, 5) is 0. The minimum absolute atomic E-state index is 0. The zero-order valence-corrected chi connectivity index (χ0v) is 20.6. The van der Waals surface area contributed by atoms with E-state index < -0.39 is 0 Å². The molecule has 2 aromatic rings. The molecule has 0 aromatic heterocycles. The lowest BCUT2D eigenvalue weighted by Gasteiger charge is -2.27. The summed E-state index contributed by atoms with van der Waals surface area (Å²) in [5.41, 5.74) is 1.25. The van der Waals surface area contributed by atoms with E-state index in [-0.39, 0.29) is 30.1 Å². The van der Waals surface area contributed by atoms with E-state index in [0.717, 1.165) is 25.0 Å². The molecular formula is C25H36ClNO5. The second-order valence-corrected chi connectivity index (χ2v) is 9.22. The molecule has 32 heavy (non-hydrogen) atoms. The van der Waals surface area contributed by atoms with Crippen molar-refractivity contribution in [3.63, 3.8) is 0 Å². The maximum Gasteiger partial charge on any atom is 0.203 e. The Morgan fingerprint density at radius 3 is 2.00 bits per heavy atom. The molecule has 2 aromatic carbocycles. The smallest absolute Gasteiger partial charge is 0.203 e. The average molecular weight is 466 g/mol. The molecule has 6 nitrogen and oxygen atoms in total. The van der Waals surface area contributed by atoms with Gasteiger partial charge in [-0.3, -0.25) is 0 Å². The summed E-state index contributed by atoms with van der Waals surface area (Å²) >= 11 is 0. The molecule has 0 radical (unpaired) electrons. The largest absolute Gasteiger partial charge is 0.493 e. The zero-order chi connectivity index (χ0) is 22.6. The van der Waals surface area contributed by atoms with Gasteiger partial charge in [-0.2, -0.15) is 0 Å². The van der Waals surface area contributed by atoms with E-state index in [1.54, 1.807) is 33.5 Å². The number of ether oxygens (including phenoxy) is 4. The topological polar surface area (TPSA) is 69.2 Å². The number of hydrogen-bond donors (Lipinski definition) is 2. The minimum atomic E-state index is -0.285. The minimum Gasteiger partial charge on any atom is -0.493 e. The Bertz CT molecular complexity index is 841. The molecule has 0 spiro atoms. The summed E-state index contributed by atoms with van der Waals surface area (Å²) in [6.07, 6.45) is 2.48. The number of nitrogens with one attached hydrogen (secondary N) is 1. The van der Waals surface area contributed by atoms with Gasteiger partial charge in [0.1, 0.15) is 11.5 Å². The summed E-state index contributed by atoms with van der Waals surface area (Å²) < 4.78 is 22.1. The van der Waals surface area contributed by atoms with Gasteiger partial charge in [-0.05, 0) is 63.6 Å². The Balaban J connectivity index is 0.00000363. The first-order valence-corrected chi connectivity index (χ1v) is 10.7. The van der Waals surface area contributed by atoms with Crippen LogP contribution in [0.1, 0.15) is 39.2 Å². The average Bonchev–Trinajstić information content (AvgIpc) is 3.05. The predicted molar refractivity (Wildman–Crippen MR) is 129 cm³/mol. The third-order valence-electron chi connectivity index (χ3n) is 5.57. The van der Waals surface area contributed by atoms with Crippen LogP contribution in [-0.4, -0.2) is 44.1 Å². The van der Waals surface area contributed by atoms with Crippen LogP contribution in [0.4, 0.5) is 0 Å². The van der Waals surface area contributed by atoms with Crippen LogP contribution < -0.4 is 24.3 Å². The molecule has 3 rings (SSSR count). The van der Waals surface area contributed by atoms with Gasteiger partial charge in [0.25, 0.3) is 0 Å². The highest BCUT2D eigenvalue weighted by molar-refractivity contribution is 5.85. The number of benzene rings is 2. The van der Waals surface area contributed by atoms with Crippen molar-refractivity contribution in [2.45, 2.75) is 57.7 Å². The number of aliphatic hydroxyl groups is 1. The van der Waals surface area contributed by atoms with E-state index >= 15 is 0 Å². The summed E-state index contributed by atoms with van der Waals surface area (Å²) in [5, 5.41) is 14.0. The van der Waals surface area contributed by atoms with Crippen LogP contribution in [0.2, 0.25) is 0 Å². The number of rotatable bonds is 8. The van der Waals surface area contributed by atoms with Gasteiger partial charge in [0, 0.05) is 23.7 Å². The van der Waals surface area contributed by atoms with Gasteiger partial charge in [0.15, 0.2) is 11.5 Å². The van der Waals surface area contributed by atoms with Crippen molar-refractivity contribution in [2.75, 3.05) is 21.3 Å². The summed E-state index contributed by atoms with van der Waals surface area (Å²) in [6.45, 7) is 6.42. The Morgan fingerprint density at radius 1 is 0.906 bits per heavy atom. The molecule has 2 N–H and O–H groups in total. The Morgan fingerprint density at radius 2 is 1.50 bits per heavy atom. The SMILES string of the molecule is COc1cc(Oc2ccc(C[C@@H]3C[C@H](NC(C)(C)C)[C@@H](O)C3)cc2)cc(OC)c1OC.Cl. The summed E-state index contributed by atoms with van der Waals surface area (Å²) in [6, 6.07) is 11.8. The first-order valence-electron chi connectivity index (χ1n) is 10.7. The lowest BCUT2D eigenvalue weighted by Crippen LogP contribution is -2.47. The quantitative estimate of drug-likeness (QED) is 0.572. The number of methoxy groups -OCH3 is 3. The van der Waals surface area contributed by atoms with Crippen LogP contribution in [0.25, 0.3) is 0 Å². The lowest BCUT2D eigenvalue weighted by molar-refractivity contribution is 0.133. The maximum absolute atomic E-state index is 10.4. The van der Waals surface area contributed by atoms with Gasteiger partial charge >= 0.3 is 0 Å². The molecule has 3 atom stereocenters. The molecule has 0 saturated heterocycles. The molecule has 1 fully saturated rings. The highest BCUT2D eigenvalue weighted by Crippen LogP contribution is 2.42. The van der Waals surface area contributed by atoms with E-state index in [2.05, 4.69) is 38.2 Å². The molecular weight excluding hydrogens is 430 g/mol. The highest BCUT2D eigenvalue weighted by Gasteiger charge is 2.34. The van der Waals surface area contributed by atoms with Gasteiger partial charge in [0.2, 0.25) is 5.75 Å². The molecule has 0 unspecified atom stereocenters. The van der Waals surface area contributed by atoms with Crippen molar-refractivity contribution >= 4 is 12.4 Å². The van der Waals surface area contributed by atoms with E-state index in [9.17, 15) is 5.11 Å². The molecule has 0 aliphatic heterocycles. The Kier molecular flexibility index (Phi) is 9.08. The zero-order valence-electron chi connectivity index (χ0n) is 19.8. The van der Waals surface area contributed by atoms with Crippen molar-refractivity contribution in [2.24, 2.45) is 5.92 Å². The highest BCUT2D eigenvalue weighted by atomic mass is 35.5. The van der Waals surface area contributed by atoms with Crippen LogP contribution in [-0.2, 0) is 6.42 Å². The van der Waals surface area contributed by atoms with Crippen molar-refractivity contribution in [3.05, 3.63) is 42.0 Å². The summed E-state index contributed by atoms with van der Waals surface area (Å²) in [5.74, 6) is 3.44. The fourth-order valence-corrected chi connectivity index (χ4v) is 4.28. The number of halogens is 1. The molecule has 178 valence electrons. The van der Waals surface area contributed by atoms with Crippen molar-refractivity contribution in [1.29, 1.82) is 0 Å². The van der Waals surface area contributed by atoms with Gasteiger partial charge in [-0.15, -0.1) is 12.4 Å². The third kappa shape index (κ3) is 6.67. The summed E-state index contributed by atoms with van der Waals surface area (Å²) in [7, 11) is 4.74. The first-order chi connectivity index (χ1) is 14.7. The predicted octanol–water partition coefficient (Wildman–Crippen LogP) is 5.00. The number of aliphatic hydroxyl groups excluding tert-OH is 1. The molecule has 0 bridgehead atoms. The Hall–Kier alpha value is -2.15. The molecule has 1 saturated carbocycles. The molecule has 0 heterocycles. The van der Waals surface area contributed by atoms with Crippen LogP contribution >= 0.6 is 12.4 Å². The van der Waals surface area contributed by atoms with Crippen LogP contribution in [0.15, 0.2) is 36.4 Å². The van der Waals surface area contributed by atoms with E-state index in [0.29, 0.717) is 28.9 Å². The van der Waals surface area contributed by atoms with Gasteiger partial charge in [-0.1, -0.05) is 12.1 Å². The number of hydrogen-bond acceptors (Lipinski definition) is 6. The molecule has 0 amide bonds. The van der Waals surface area contributed by atoms with E-state index in [4.69, 9.17) is 18.9 Å². The first kappa shape index (κ1) is 26.1. The van der Waals surface area contributed by atoms with Gasteiger partial charge in [-0.25, -0.2) is 0 Å². The molecule has 1 aliphatic rings. The van der Waals surface area contributed by atoms with E-state index in [1.165, 1.54) is 5.56 Å². The maximum atomic E-state index is 10.4. The van der Waals surface area contributed by atoms with Crippen molar-refractivity contribution in [1.82, 2.24) is 5.32 Å². The second kappa shape index (κ2) is 11.1. The Labute approximate surface area is 197 Å². The van der Waals surface area contributed by atoms with Crippen molar-refractivity contribution < 1.29 is 24.1 Å².